The lowest BCUT2D eigenvalue weighted by Gasteiger charge is -2.35. The number of allylic oxidation sites excluding steroid dienone is 1. The molecule has 0 atom stereocenters. The Balaban J connectivity index is 2.19. The van der Waals surface area contributed by atoms with Gasteiger partial charge in [0, 0.05) is 14.4 Å². The summed E-state index contributed by atoms with van der Waals surface area (Å²) in [5, 5.41) is 3.44. The summed E-state index contributed by atoms with van der Waals surface area (Å²) in [6.07, 6.45) is 2.36. The van der Waals surface area contributed by atoms with Crippen molar-refractivity contribution in [2.45, 2.75) is 18.3 Å². The highest BCUT2D eigenvalue weighted by molar-refractivity contribution is 9.16. The highest BCUT2D eigenvalue weighted by Crippen LogP contribution is 2.55. The first kappa shape index (κ1) is 11.0. The molecule has 84 valence electrons. The maximum absolute atomic E-state index is 3.81. The van der Waals surface area contributed by atoms with Crippen molar-refractivity contribution in [1.82, 2.24) is 5.32 Å². The summed E-state index contributed by atoms with van der Waals surface area (Å²) in [4.78, 5) is 0. The summed E-state index contributed by atoms with van der Waals surface area (Å²) in [5.41, 5.74) is 3.06. The molecule has 1 saturated heterocycles. The van der Waals surface area contributed by atoms with Crippen LogP contribution in [0.4, 0.5) is 0 Å². The summed E-state index contributed by atoms with van der Waals surface area (Å²) in [7, 11) is 0. The Morgan fingerprint density at radius 2 is 1.75 bits per heavy atom. The number of hydrogen-bond acceptors (Lipinski definition) is 1. The summed E-state index contributed by atoms with van der Waals surface area (Å²) in [6.45, 7) is 2.20. The standard InChI is InChI=1S/C13H13Br2N/c14-11-9-3-1-2-4-10(9)13(12(11)15)5-7-16-8-6-13/h1-4,16H,5-8H2. The minimum atomic E-state index is 0.223. The van der Waals surface area contributed by atoms with E-state index in [4.69, 9.17) is 0 Å². The fraction of sp³-hybridized carbons (Fsp3) is 0.385. The van der Waals surface area contributed by atoms with Gasteiger partial charge < -0.3 is 5.32 Å². The van der Waals surface area contributed by atoms with Gasteiger partial charge in [0.2, 0.25) is 0 Å². The van der Waals surface area contributed by atoms with Gasteiger partial charge in [-0.15, -0.1) is 0 Å². The molecule has 1 fully saturated rings. The lowest BCUT2D eigenvalue weighted by Crippen LogP contribution is -2.39. The van der Waals surface area contributed by atoms with E-state index < -0.39 is 0 Å². The van der Waals surface area contributed by atoms with Crippen molar-refractivity contribution < 1.29 is 0 Å². The molecular formula is C13H13Br2N. The van der Waals surface area contributed by atoms with Crippen LogP contribution in [0.15, 0.2) is 28.7 Å². The van der Waals surface area contributed by atoms with Gasteiger partial charge in [-0.3, -0.25) is 0 Å². The van der Waals surface area contributed by atoms with Gasteiger partial charge in [0.1, 0.15) is 0 Å². The fourth-order valence-electron chi connectivity index (χ4n) is 2.88. The molecule has 0 saturated carbocycles. The first-order valence-corrected chi connectivity index (χ1v) is 7.21. The number of fused-ring (bicyclic) bond motifs is 2. The molecule has 1 N–H and O–H groups in total. The van der Waals surface area contributed by atoms with Crippen molar-refractivity contribution in [1.29, 1.82) is 0 Å². The summed E-state index contributed by atoms with van der Waals surface area (Å²) < 4.78 is 2.58. The number of hydrogen-bond donors (Lipinski definition) is 1. The third kappa shape index (κ3) is 1.38. The summed E-state index contributed by atoms with van der Waals surface area (Å²) in [5.74, 6) is 0. The molecule has 1 aromatic rings. The van der Waals surface area contributed by atoms with E-state index in [2.05, 4.69) is 61.4 Å². The van der Waals surface area contributed by atoms with Crippen LogP contribution in [0, 0.1) is 0 Å². The maximum Gasteiger partial charge on any atom is 0.0361 e. The molecule has 0 amide bonds. The smallest absolute Gasteiger partial charge is 0.0361 e. The normalized spacial score (nSPS) is 22.6. The lowest BCUT2D eigenvalue weighted by atomic mass is 9.75. The van der Waals surface area contributed by atoms with E-state index in [9.17, 15) is 0 Å². The molecule has 16 heavy (non-hydrogen) atoms. The number of benzene rings is 1. The van der Waals surface area contributed by atoms with Crippen LogP contribution in [0.2, 0.25) is 0 Å². The Bertz CT molecular complexity index is 459. The average Bonchev–Trinajstić information content (AvgIpc) is 2.55. The molecule has 0 aromatic heterocycles. The average molecular weight is 343 g/mol. The van der Waals surface area contributed by atoms with Crippen LogP contribution in [0.3, 0.4) is 0 Å². The topological polar surface area (TPSA) is 12.0 Å². The molecule has 1 aliphatic heterocycles. The van der Waals surface area contributed by atoms with Crippen molar-refractivity contribution in [2.24, 2.45) is 0 Å². The van der Waals surface area contributed by atoms with Gasteiger partial charge in [0.25, 0.3) is 0 Å². The van der Waals surface area contributed by atoms with Crippen LogP contribution in [0.1, 0.15) is 24.0 Å². The van der Waals surface area contributed by atoms with Gasteiger partial charge in [-0.1, -0.05) is 40.2 Å². The van der Waals surface area contributed by atoms with Gasteiger partial charge in [-0.05, 0) is 53.0 Å². The molecule has 0 unspecified atom stereocenters. The maximum atomic E-state index is 3.81. The van der Waals surface area contributed by atoms with E-state index in [1.54, 1.807) is 0 Å². The largest absolute Gasteiger partial charge is 0.317 e. The molecular weight excluding hydrogens is 330 g/mol. The molecule has 2 aliphatic rings. The predicted octanol–water partition coefficient (Wildman–Crippen LogP) is 3.78. The van der Waals surface area contributed by atoms with Crippen LogP contribution in [-0.2, 0) is 5.41 Å². The predicted molar refractivity (Wildman–Crippen MR) is 75.0 cm³/mol. The Hall–Kier alpha value is -0.120. The van der Waals surface area contributed by atoms with E-state index >= 15 is 0 Å². The molecule has 3 rings (SSSR count). The highest BCUT2D eigenvalue weighted by atomic mass is 79.9. The fourth-order valence-corrected chi connectivity index (χ4v) is 4.43. The zero-order valence-corrected chi connectivity index (χ0v) is 12.1. The van der Waals surface area contributed by atoms with Crippen LogP contribution in [-0.4, -0.2) is 13.1 Å². The van der Waals surface area contributed by atoms with Crippen molar-refractivity contribution in [3.05, 3.63) is 39.9 Å². The molecule has 1 heterocycles. The third-order valence-electron chi connectivity index (χ3n) is 3.75. The van der Waals surface area contributed by atoms with Crippen LogP contribution in [0.25, 0.3) is 4.48 Å². The number of rotatable bonds is 0. The lowest BCUT2D eigenvalue weighted by molar-refractivity contribution is 0.375. The number of halogens is 2. The second-order valence-corrected chi connectivity index (χ2v) is 6.09. The molecule has 1 nitrogen and oxygen atoms in total. The zero-order valence-electron chi connectivity index (χ0n) is 8.89. The Labute approximate surface area is 113 Å². The summed E-state index contributed by atoms with van der Waals surface area (Å²) >= 11 is 7.53. The van der Waals surface area contributed by atoms with Crippen LogP contribution in [0.5, 0.6) is 0 Å². The van der Waals surface area contributed by atoms with E-state index in [0.717, 1.165) is 13.1 Å². The molecule has 1 aromatic carbocycles. The second-order valence-electron chi connectivity index (χ2n) is 4.51. The van der Waals surface area contributed by atoms with E-state index in [1.165, 1.54) is 32.9 Å². The second kappa shape index (κ2) is 3.97. The molecule has 0 bridgehead atoms. The molecule has 1 aliphatic carbocycles. The van der Waals surface area contributed by atoms with Crippen molar-refractivity contribution in [3.8, 4) is 0 Å². The van der Waals surface area contributed by atoms with Gasteiger partial charge in [-0.2, -0.15) is 0 Å². The van der Waals surface area contributed by atoms with Crippen molar-refractivity contribution in [2.75, 3.05) is 13.1 Å². The molecule has 0 radical (unpaired) electrons. The quantitative estimate of drug-likeness (QED) is 0.756. The van der Waals surface area contributed by atoms with Crippen molar-refractivity contribution >= 4 is 36.3 Å². The zero-order chi connectivity index (χ0) is 11.2. The monoisotopic (exact) mass is 341 g/mol. The minimum absolute atomic E-state index is 0.223. The Kier molecular flexibility index (Phi) is 2.73. The van der Waals surface area contributed by atoms with Gasteiger partial charge in [0.05, 0.1) is 0 Å². The first-order chi connectivity index (χ1) is 7.76. The van der Waals surface area contributed by atoms with E-state index in [1.807, 2.05) is 0 Å². The van der Waals surface area contributed by atoms with Crippen LogP contribution < -0.4 is 5.32 Å². The van der Waals surface area contributed by atoms with Crippen molar-refractivity contribution in [3.63, 3.8) is 0 Å². The minimum Gasteiger partial charge on any atom is -0.317 e. The number of nitrogens with one attached hydrogen (secondary N) is 1. The van der Waals surface area contributed by atoms with Gasteiger partial charge >= 0.3 is 0 Å². The van der Waals surface area contributed by atoms with E-state index in [-0.39, 0.29) is 5.41 Å². The van der Waals surface area contributed by atoms with Gasteiger partial charge in [0.15, 0.2) is 0 Å². The third-order valence-corrected chi connectivity index (χ3v) is 6.26. The Morgan fingerprint density at radius 1 is 1.06 bits per heavy atom. The van der Waals surface area contributed by atoms with Crippen LogP contribution >= 0.6 is 31.9 Å². The molecule has 1 spiro atoms. The highest BCUT2D eigenvalue weighted by Gasteiger charge is 2.43. The summed E-state index contributed by atoms with van der Waals surface area (Å²) in [6, 6.07) is 8.74. The SMILES string of the molecule is BrC1=C(Br)C2(CCNCC2)c2ccccc21. The van der Waals surface area contributed by atoms with E-state index in [0.29, 0.717) is 0 Å². The number of piperidine rings is 1. The van der Waals surface area contributed by atoms with Gasteiger partial charge in [-0.25, -0.2) is 0 Å². The Morgan fingerprint density at radius 3 is 2.50 bits per heavy atom. The molecule has 3 heteroatoms. The first-order valence-electron chi connectivity index (χ1n) is 5.62.